The highest BCUT2D eigenvalue weighted by Crippen LogP contribution is 2.31. The lowest BCUT2D eigenvalue weighted by Crippen LogP contribution is -2.48. The Morgan fingerprint density at radius 1 is 0.950 bits per heavy atom. The number of aliphatic hydroxyl groups excluding tert-OH is 1. The van der Waals surface area contributed by atoms with Crippen LogP contribution in [0.3, 0.4) is 0 Å². The number of anilines is 2. The highest BCUT2D eigenvalue weighted by atomic mass is 19.4. The number of aliphatic carboxylic acids is 1. The van der Waals surface area contributed by atoms with Crippen molar-refractivity contribution >= 4 is 40.2 Å². The van der Waals surface area contributed by atoms with Gasteiger partial charge in [0.15, 0.2) is 0 Å². The number of halogens is 3. The number of piperidine rings is 1. The van der Waals surface area contributed by atoms with Gasteiger partial charge in [-0.25, -0.2) is 4.79 Å². The number of carboxylic acids is 1. The third-order valence-electron chi connectivity index (χ3n) is 10.2. The SMILES string of the molecule is Cc1cc(NC(=O)CCc2ccc(-c3ccccc3)c(NC(=O)OC3CC[N+](C)(C)CC3)c2)ccc1CNC[C@H](O)c1ccc(O)c2[nH]c(=O)ccc12.O=C([O-])C(F)(F)F. The molecule has 4 aromatic carbocycles. The van der Waals surface area contributed by atoms with E-state index in [9.17, 15) is 37.8 Å². The van der Waals surface area contributed by atoms with Gasteiger partial charge in [-0.2, -0.15) is 13.2 Å². The van der Waals surface area contributed by atoms with E-state index in [0.717, 1.165) is 58.2 Å². The number of nitrogens with one attached hydrogen (secondary N) is 4. The molecule has 5 aromatic rings. The summed E-state index contributed by atoms with van der Waals surface area (Å²) >= 11 is 0. The number of amides is 2. The molecule has 0 radical (unpaired) electrons. The molecule has 1 aliphatic rings. The first-order valence-corrected chi connectivity index (χ1v) is 19.3. The van der Waals surface area contributed by atoms with Crippen molar-refractivity contribution in [2.45, 2.75) is 57.5 Å². The fourth-order valence-corrected chi connectivity index (χ4v) is 6.83. The molecule has 6 rings (SSSR count). The second-order valence-electron chi connectivity index (χ2n) is 15.3. The summed E-state index contributed by atoms with van der Waals surface area (Å²) in [6.07, 6.45) is -4.25. The first-order chi connectivity index (χ1) is 28.4. The van der Waals surface area contributed by atoms with Gasteiger partial charge in [0.2, 0.25) is 11.5 Å². The number of aromatic nitrogens is 1. The molecule has 60 heavy (non-hydrogen) atoms. The Morgan fingerprint density at radius 3 is 2.32 bits per heavy atom. The van der Waals surface area contributed by atoms with Gasteiger partial charge in [-0.05, 0) is 71.5 Å². The first-order valence-electron chi connectivity index (χ1n) is 19.3. The normalized spacial score (nSPS) is 14.4. The van der Waals surface area contributed by atoms with Crippen LogP contribution in [0.1, 0.15) is 47.6 Å². The van der Waals surface area contributed by atoms with Crippen molar-refractivity contribution in [1.82, 2.24) is 10.3 Å². The molecule has 1 saturated heterocycles. The maximum Gasteiger partial charge on any atom is 0.430 e. The molecular formula is C44H48F3N5O8. The van der Waals surface area contributed by atoms with Gasteiger partial charge in [0, 0.05) is 55.1 Å². The summed E-state index contributed by atoms with van der Waals surface area (Å²) in [6, 6.07) is 27.5. The molecule has 1 aromatic heterocycles. The van der Waals surface area contributed by atoms with Crippen molar-refractivity contribution in [3.05, 3.63) is 124 Å². The number of alkyl halides is 3. The van der Waals surface area contributed by atoms with Crippen LogP contribution in [0.2, 0.25) is 0 Å². The number of hydrogen-bond acceptors (Lipinski definition) is 9. The minimum absolute atomic E-state index is 0.0548. The van der Waals surface area contributed by atoms with Gasteiger partial charge < -0.3 is 45.0 Å². The van der Waals surface area contributed by atoms with E-state index in [4.69, 9.17) is 14.6 Å². The molecule has 6 N–H and O–H groups in total. The van der Waals surface area contributed by atoms with E-state index in [1.54, 1.807) is 12.1 Å². The Bertz CT molecular complexity index is 2360. The quantitative estimate of drug-likeness (QED) is 0.0858. The number of ether oxygens (including phenoxy) is 1. The van der Waals surface area contributed by atoms with Crippen LogP contribution in [0.25, 0.3) is 22.0 Å². The maximum atomic E-state index is 13.0. The van der Waals surface area contributed by atoms with Crippen LogP contribution < -0.4 is 26.6 Å². The number of benzene rings is 4. The number of nitrogens with zero attached hydrogens (tertiary/aromatic N) is 1. The number of rotatable bonds is 12. The number of H-pyrrole nitrogens is 1. The molecule has 1 atom stereocenters. The largest absolute Gasteiger partial charge is 0.542 e. The van der Waals surface area contributed by atoms with Gasteiger partial charge in [-0.3, -0.25) is 14.9 Å². The van der Waals surface area contributed by atoms with E-state index in [-0.39, 0.29) is 36.3 Å². The summed E-state index contributed by atoms with van der Waals surface area (Å²) in [6.45, 7) is 4.63. The summed E-state index contributed by atoms with van der Waals surface area (Å²) in [5.41, 5.74) is 6.65. The number of fused-ring (bicyclic) bond motifs is 1. The summed E-state index contributed by atoms with van der Waals surface area (Å²) < 4.78 is 38.3. The van der Waals surface area contributed by atoms with Crippen molar-refractivity contribution in [2.24, 2.45) is 0 Å². The molecule has 0 bridgehead atoms. The second kappa shape index (κ2) is 19.7. The number of aryl methyl sites for hydroxylation is 2. The third-order valence-corrected chi connectivity index (χ3v) is 10.2. The number of quaternary nitrogens is 1. The van der Waals surface area contributed by atoms with Crippen LogP contribution in [-0.4, -0.2) is 83.7 Å². The molecule has 1 aliphatic heterocycles. The number of hydrogen-bond donors (Lipinski definition) is 6. The standard InChI is InChI=1S/C42H47N5O6.C2HF3O2/c1-27-23-31(12-11-30(27)25-43-26-38(49)34-14-16-37(48)41-35(34)15-18-40(51)46-41)44-39(50)17-10-28-9-13-33(29-7-5-4-6-8-29)36(24-28)45-42(52)53-32-19-21-47(2,3)22-20-32;3-2(4,5)1(6)7/h4-9,11-16,18,23-24,32,38,43,49H,10,17,19-22,25-26H2,1-3H3,(H3-,44,45,46,48,50,51,52);(H,6,7)/t38-;/m0./s1. The fourth-order valence-electron chi connectivity index (χ4n) is 6.83. The Kier molecular flexibility index (Phi) is 14.7. The molecule has 16 heteroatoms. The number of carboxylic acid groups (broad SMARTS) is 1. The average molecular weight is 832 g/mol. The monoisotopic (exact) mass is 831 g/mol. The minimum Gasteiger partial charge on any atom is -0.542 e. The molecule has 0 aliphatic carbocycles. The van der Waals surface area contributed by atoms with E-state index in [0.29, 0.717) is 40.8 Å². The Hall–Kier alpha value is -6.23. The van der Waals surface area contributed by atoms with Crippen LogP contribution >= 0.6 is 0 Å². The zero-order valence-corrected chi connectivity index (χ0v) is 33.4. The molecule has 2 heterocycles. The molecule has 13 nitrogen and oxygen atoms in total. The van der Waals surface area contributed by atoms with E-state index in [2.05, 4.69) is 35.0 Å². The highest BCUT2D eigenvalue weighted by Gasteiger charge is 2.29. The fraction of sp³-hybridized carbons (Fsp3) is 0.318. The zero-order chi connectivity index (χ0) is 43.6. The lowest BCUT2D eigenvalue weighted by Gasteiger charge is -2.36. The maximum absolute atomic E-state index is 13.0. The van der Waals surface area contributed by atoms with Gasteiger partial charge >= 0.3 is 12.3 Å². The van der Waals surface area contributed by atoms with Crippen LogP contribution in [-0.2, 0) is 27.3 Å². The van der Waals surface area contributed by atoms with Gasteiger partial charge in [-0.15, -0.1) is 0 Å². The number of carbonyl (C=O) groups excluding carboxylic acids is 3. The van der Waals surface area contributed by atoms with Crippen molar-refractivity contribution in [3.8, 4) is 16.9 Å². The Labute approximate surface area is 344 Å². The zero-order valence-electron chi connectivity index (χ0n) is 33.4. The number of carbonyl (C=O) groups is 3. The molecular weight excluding hydrogens is 784 g/mol. The highest BCUT2D eigenvalue weighted by molar-refractivity contribution is 5.93. The van der Waals surface area contributed by atoms with Crippen molar-refractivity contribution in [1.29, 1.82) is 0 Å². The predicted molar refractivity (Wildman–Crippen MR) is 219 cm³/mol. The summed E-state index contributed by atoms with van der Waals surface area (Å²) in [5.74, 6) is -3.19. The number of phenolic OH excluding ortho intramolecular Hbond substituents is 1. The first kappa shape index (κ1) is 44.9. The average Bonchev–Trinajstić information content (AvgIpc) is 3.19. The van der Waals surface area contributed by atoms with E-state index in [1.165, 1.54) is 12.1 Å². The molecule has 0 spiro atoms. The Morgan fingerprint density at radius 2 is 1.65 bits per heavy atom. The number of phenols is 1. The van der Waals surface area contributed by atoms with Gasteiger partial charge in [0.25, 0.3) is 0 Å². The van der Waals surface area contributed by atoms with E-state index < -0.39 is 24.3 Å². The van der Waals surface area contributed by atoms with Gasteiger partial charge in [0.1, 0.15) is 17.8 Å². The molecule has 2 amide bonds. The van der Waals surface area contributed by atoms with Crippen molar-refractivity contribution in [2.75, 3.05) is 44.4 Å². The number of pyridine rings is 1. The number of aromatic hydroxyl groups is 1. The summed E-state index contributed by atoms with van der Waals surface area (Å²) in [7, 11) is 4.38. The third kappa shape index (κ3) is 12.6. The second-order valence-corrected chi connectivity index (χ2v) is 15.3. The lowest BCUT2D eigenvalue weighted by molar-refractivity contribution is -0.896. The van der Waals surface area contributed by atoms with Crippen molar-refractivity contribution < 1.29 is 52.1 Å². The lowest BCUT2D eigenvalue weighted by atomic mass is 9.99. The summed E-state index contributed by atoms with van der Waals surface area (Å²) in [4.78, 5) is 49.2. The molecule has 318 valence electrons. The van der Waals surface area contributed by atoms with Gasteiger partial charge in [-0.1, -0.05) is 54.6 Å². The Balaban J connectivity index is 0.000000896. The van der Waals surface area contributed by atoms with E-state index >= 15 is 0 Å². The predicted octanol–water partition coefficient (Wildman–Crippen LogP) is 5.69. The number of aromatic amines is 1. The molecule has 1 fully saturated rings. The number of likely N-dealkylation sites (tertiary alicyclic amines) is 1. The molecule has 0 unspecified atom stereocenters. The van der Waals surface area contributed by atoms with Crippen LogP contribution in [0, 0.1) is 6.92 Å². The summed E-state index contributed by atoms with van der Waals surface area (Å²) in [5, 5.41) is 39.7. The molecule has 0 saturated carbocycles. The number of aliphatic hydroxyl groups is 1. The minimum atomic E-state index is -5.19. The topological polar surface area (TPSA) is 193 Å². The van der Waals surface area contributed by atoms with E-state index in [1.807, 2.05) is 73.7 Å². The van der Waals surface area contributed by atoms with Gasteiger partial charge in [0.05, 0.1) is 44.5 Å². The van der Waals surface area contributed by atoms with Crippen LogP contribution in [0.5, 0.6) is 5.75 Å². The van der Waals surface area contributed by atoms with Crippen molar-refractivity contribution in [3.63, 3.8) is 0 Å². The smallest absolute Gasteiger partial charge is 0.430 e. The van der Waals surface area contributed by atoms with Crippen LogP contribution in [0.15, 0.2) is 95.8 Å². The van der Waals surface area contributed by atoms with Crippen LogP contribution in [0.4, 0.5) is 29.3 Å².